The van der Waals surface area contributed by atoms with E-state index in [4.69, 9.17) is 0 Å². The monoisotopic (exact) mass is 448 g/mol. The van der Waals surface area contributed by atoms with Gasteiger partial charge in [-0.2, -0.15) is 23.3 Å². The number of anilines is 2. The molecule has 0 atom stereocenters. The second-order valence-corrected chi connectivity index (χ2v) is 6.89. The first kappa shape index (κ1) is 21.1. The number of nitrogens with one attached hydrogen (secondary N) is 1. The maximum Gasteiger partial charge on any atom is 0.471 e. The van der Waals surface area contributed by atoms with E-state index < -0.39 is 22.9 Å². The van der Waals surface area contributed by atoms with Crippen molar-refractivity contribution in [3.63, 3.8) is 0 Å². The molecule has 0 fully saturated rings. The van der Waals surface area contributed by atoms with Gasteiger partial charge in [0.25, 0.3) is 10.9 Å². The van der Waals surface area contributed by atoms with Gasteiger partial charge in [0.05, 0.1) is 18.8 Å². The Bertz CT molecular complexity index is 1320. The van der Waals surface area contributed by atoms with Gasteiger partial charge in [0.2, 0.25) is 5.82 Å². The molecular weight excluding hydrogens is 433 g/mol. The molecule has 0 saturated carbocycles. The maximum absolute atomic E-state index is 12.6. The van der Waals surface area contributed by atoms with Crippen molar-refractivity contribution in [3.8, 4) is 11.4 Å². The molecule has 0 amide bonds. The van der Waals surface area contributed by atoms with Crippen LogP contribution in [0.2, 0.25) is 0 Å². The summed E-state index contributed by atoms with van der Waals surface area (Å²) >= 11 is 0. The third kappa shape index (κ3) is 4.06. The number of rotatable bonds is 7. The van der Waals surface area contributed by atoms with Gasteiger partial charge in [0.15, 0.2) is 5.82 Å². The summed E-state index contributed by atoms with van der Waals surface area (Å²) in [6.45, 7) is 0.339. The van der Waals surface area contributed by atoms with Crippen molar-refractivity contribution in [1.82, 2.24) is 29.9 Å². The van der Waals surface area contributed by atoms with Crippen molar-refractivity contribution in [3.05, 3.63) is 62.5 Å². The van der Waals surface area contributed by atoms with E-state index in [0.717, 1.165) is 0 Å². The molecular formula is C18H15F3N8O3. The van der Waals surface area contributed by atoms with Gasteiger partial charge >= 0.3 is 12.1 Å². The largest absolute Gasteiger partial charge is 0.471 e. The number of halogens is 3. The number of aryl methyl sites for hydroxylation is 1. The zero-order valence-electron chi connectivity index (χ0n) is 16.7. The highest BCUT2D eigenvalue weighted by molar-refractivity contribution is 5.74. The van der Waals surface area contributed by atoms with Crippen LogP contribution in [0.25, 0.3) is 11.4 Å². The topological polar surface area (TPSA) is 132 Å². The first-order valence-electron chi connectivity index (χ1n) is 9.12. The average Bonchev–Trinajstić information content (AvgIpc) is 3.40. The molecule has 0 spiro atoms. The quantitative estimate of drug-likeness (QED) is 0.410. The fraction of sp³-hybridized carbons (Fsp3) is 0.278. The van der Waals surface area contributed by atoms with Gasteiger partial charge in [0.1, 0.15) is 17.7 Å². The summed E-state index contributed by atoms with van der Waals surface area (Å²) in [7, 11) is 3.32. The molecule has 11 nitrogen and oxygen atoms in total. The van der Waals surface area contributed by atoms with Crippen LogP contribution in [0.1, 0.15) is 17.4 Å². The number of hydrogen-bond donors (Lipinski definition) is 1. The first-order chi connectivity index (χ1) is 15.1. The Labute approximate surface area is 177 Å². The zero-order valence-corrected chi connectivity index (χ0v) is 16.7. The van der Waals surface area contributed by atoms with Crippen LogP contribution < -0.4 is 21.1 Å². The highest BCUT2D eigenvalue weighted by Gasteiger charge is 2.38. The molecule has 166 valence electrons. The van der Waals surface area contributed by atoms with Crippen molar-refractivity contribution < 1.29 is 17.7 Å². The minimum absolute atomic E-state index is 0.160. The Balaban J connectivity index is 1.45. The summed E-state index contributed by atoms with van der Waals surface area (Å²) in [4.78, 5) is 37.1. The van der Waals surface area contributed by atoms with Crippen molar-refractivity contribution in [1.29, 1.82) is 0 Å². The van der Waals surface area contributed by atoms with Crippen LogP contribution in [-0.2, 0) is 26.3 Å². The lowest BCUT2D eigenvalue weighted by atomic mass is 10.1. The van der Waals surface area contributed by atoms with Crippen LogP contribution in [0.5, 0.6) is 0 Å². The molecule has 3 aromatic heterocycles. The Morgan fingerprint density at radius 1 is 1.19 bits per heavy atom. The molecule has 32 heavy (non-hydrogen) atoms. The highest BCUT2D eigenvalue weighted by atomic mass is 19.4. The summed E-state index contributed by atoms with van der Waals surface area (Å²) in [5.41, 5.74) is -0.176. The van der Waals surface area contributed by atoms with Gasteiger partial charge < -0.3 is 14.7 Å². The van der Waals surface area contributed by atoms with Gasteiger partial charge in [-0.3, -0.25) is 19.3 Å². The molecule has 0 aliphatic rings. The van der Waals surface area contributed by atoms with E-state index in [2.05, 4.69) is 35.0 Å². The molecule has 14 heteroatoms. The second kappa shape index (κ2) is 7.86. The fourth-order valence-corrected chi connectivity index (χ4v) is 2.97. The summed E-state index contributed by atoms with van der Waals surface area (Å²) in [5.74, 6) is -1.24. The number of aromatic nitrogens is 6. The lowest BCUT2D eigenvalue weighted by Gasteiger charge is -2.23. The van der Waals surface area contributed by atoms with Crippen LogP contribution in [0, 0.1) is 0 Å². The molecule has 0 saturated heterocycles. The third-order valence-electron chi connectivity index (χ3n) is 4.49. The van der Waals surface area contributed by atoms with Crippen molar-refractivity contribution in [2.75, 3.05) is 17.3 Å². The van der Waals surface area contributed by atoms with Crippen LogP contribution in [0.15, 0.2) is 38.8 Å². The predicted octanol–water partition coefficient (Wildman–Crippen LogP) is 1.12. The predicted molar refractivity (Wildman–Crippen MR) is 104 cm³/mol. The van der Waals surface area contributed by atoms with E-state index in [9.17, 15) is 22.8 Å². The SMILES string of the molecule is CN(Cc1ccc(-c2noc(C(F)(F)F)n2)cn1)c1c(NCc2ncn(C)n2)c(=O)c1=O. The van der Waals surface area contributed by atoms with E-state index >= 15 is 0 Å². The van der Waals surface area contributed by atoms with Crippen molar-refractivity contribution in [2.24, 2.45) is 7.05 Å². The summed E-state index contributed by atoms with van der Waals surface area (Å²) in [5, 5.41) is 10.3. The minimum Gasteiger partial charge on any atom is -0.373 e. The highest BCUT2D eigenvalue weighted by Crippen LogP contribution is 2.29. The van der Waals surface area contributed by atoms with E-state index in [1.807, 2.05) is 0 Å². The molecule has 0 radical (unpaired) electrons. The average molecular weight is 448 g/mol. The third-order valence-corrected chi connectivity index (χ3v) is 4.49. The molecule has 1 aromatic carbocycles. The van der Waals surface area contributed by atoms with E-state index in [1.165, 1.54) is 23.3 Å². The molecule has 0 aliphatic carbocycles. The van der Waals surface area contributed by atoms with E-state index in [-0.39, 0.29) is 35.9 Å². The number of pyridine rings is 1. The molecule has 0 aliphatic heterocycles. The normalized spacial score (nSPS) is 11.8. The molecule has 4 aromatic rings. The van der Waals surface area contributed by atoms with E-state index in [1.54, 1.807) is 25.1 Å². The lowest BCUT2D eigenvalue weighted by Crippen LogP contribution is -2.41. The fourth-order valence-electron chi connectivity index (χ4n) is 2.97. The number of hydrogen-bond acceptors (Lipinski definition) is 10. The smallest absolute Gasteiger partial charge is 0.373 e. The van der Waals surface area contributed by atoms with Gasteiger partial charge in [-0.05, 0) is 12.1 Å². The molecule has 0 bridgehead atoms. The summed E-state index contributed by atoms with van der Waals surface area (Å²) < 4.78 is 43.5. The van der Waals surface area contributed by atoms with Crippen LogP contribution in [-0.4, -0.2) is 36.9 Å². The van der Waals surface area contributed by atoms with Crippen molar-refractivity contribution in [2.45, 2.75) is 19.3 Å². The molecule has 0 unspecified atom stereocenters. The Kier molecular flexibility index (Phi) is 5.20. The number of nitrogens with zero attached hydrogens (tertiary/aromatic N) is 7. The Morgan fingerprint density at radius 3 is 2.56 bits per heavy atom. The maximum atomic E-state index is 12.6. The van der Waals surface area contributed by atoms with Gasteiger partial charge in [-0.1, -0.05) is 5.16 Å². The Hall–Kier alpha value is -4.10. The van der Waals surface area contributed by atoms with Crippen LogP contribution in [0.4, 0.5) is 24.5 Å². The van der Waals surface area contributed by atoms with Crippen LogP contribution >= 0.6 is 0 Å². The summed E-state index contributed by atoms with van der Waals surface area (Å²) in [6.07, 6.45) is -1.93. The first-order valence-corrected chi connectivity index (χ1v) is 9.12. The zero-order chi connectivity index (χ0) is 23.0. The molecule has 3 heterocycles. The Morgan fingerprint density at radius 2 is 1.97 bits per heavy atom. The van der Waals surface area contributed by atoms with E-state index in [0.29, 0.717) is 11.5 Å². The molecule has 1 N–H and O–H groups in total. The minimum atomic E-state index is -4.74. The summed E-state index contributed by atoms with van der Waals surface area (Å²) in [6, 6.07) is 3.03. The van der Waals surface area contributed by atoms with Crippen molar-refractivity contribution >= 4 is 11.4 Å². The lowest BCUT2D eigenvalue weighted by molar-refractivity contribution is -0.159. The van der Waals surface area contributed by atoms with Crippen LogP contribution in [0.3, 0.4) is 0 Å². The standard InChI is InChI=1S/C18H15F3N8O3/c1-28(13-12(14(30)15(13)31)23-6-11-24-8-29(2)26-11)7-10-4-3-9(5-22-10)16-25-17(32-27-16)18(19,20)21/h3-5,8,23H,6-7H2,1-2H3. The van der Waals surface area contributed by atoms with Gasteiger partial charge in [-0.25, -0.2) is 4.98 Å². The van der Waals surface area contributed by atoms with Gasteiger partial charge in [-0.15, -0.1) is 0 Å². The number of alkyl halides is 3. The molecule has 4 rings (SSSR count). The van der Waals surface area contributed by atoms with Gasteiger partial charge in [0, 0.05) is 25.9 Å². The second-order valence-electron chi connectivity index (χ2n) is 6.89.